The van der Waals surface area contributed by atoms with Crippen LogP contribution >= 0.6 is 0 Å². The van der Waals surface area contributed by atoms with Gasteiger partial charge in [0.25, 0.3) is 11.8 Å². The lowest BCUT2D eigenvalue weighted by Gasteiger charge is -2.37. The Bertz CT molecular complexity index is 1200. The Morgan fingerprint density at radius 3 is 2.06 bits per heavy atom. The number of piperidine rings is 1. The molecule has 5 rings (SSSR count). The number of nitrogens with zero attached hydrogens (tertiary/aromatic N) is 2. The molecular weight excluding hydrogens is 428 g/mol. The largest absolute Gasteiger partial charge is 0.476 e. The molecule has 0 aromatic heterocycles. The molecule has 0 radical (unpaired) electrons. The van der Waals surface area contributed by atoms with Crippen molar-refractivity contribution in [3.8, 4) is 5.75 Å². The molecule has 1 atom stereocenters. The minimum Gasteiger partial charge on any atom is -0.476 e. The number of hydrogen-bond donors (Lipinski definition) is 0. The number of ketones is 1. The highest BCUT2D eigenvalue weighted by atomic mass is 16.5. The Kier molecular flexibility index (Phi) is 6.12. The minimum atomic E-state index is -0.740. The van der Waals surface area contributed by atoms with Crippen molar-refractivity contribution in [1.29, 1.82) is 0 Å². The van der Waals surface area contributed by atoms with E-state index in [0.29, 0.717) is 28.1 Å². The van der Waals surface area contributed by atoms with Gasteiger partial charge in [0.2, 0.25) is 0 Å². The van der Waals surface area contributed by atoms with Crippen molar-refractivity contribution < 1.29 is 19.1 Å². The molecule has 2 aliphatic rings. The highest BCUT2D eigenvalue weighted by molar-refractivity contribution is 6.11. The van der Waals surface area contributed by atoms with Gasteiger partial charge in [0.1, 0.15) is 5.75 Å². The highest BCUT2D eigenvalue weighted by Crippen LogP contribution is 2.34. The number of ether oxygens (including phenoxy) is 1. The van der Waals surface area contributed by atoms with Crippen LogP contribution in [0.25, 0.3) is 0 Å². The second kappa shape index (κ2) is 9.51. The number of amides is 2. The number of fused-ring (bicyclic) bond motifs is 1. The van der Waals surface area contributed by atoms with Gasteiger partial charge in [0.05, 0.1) is 12.2 Å². The average Bonchev–Trinajstić information content (AvgIpc) is 2.92. The molecule has 0 spiro atoms. The van der Waals surface area contributed by atoms with Gasteiger partial charge in [-0.05, 0) is 43.5 Å². The van der Waals surface area contributed by atoms with Crippen LogP contribution in [0.3, 0.4) is 0 Å². The molecule has 34 heavy (non-hydrogen) atoms. The predicted octanol–water partition coefficient (Wildman–Crippen LogP) is 4.34. The zero-order chi connectivity index (χ0) is 23.5. The summed E-state index contributed by atoms with van der Waals surface area (Å²) in [5, 5.41) is 0. The van der Waals surface area contributed by atoms with Crippen LogP contribution in [-0.2, 0) is 4.79 Å². The number of para-hydroxylation sites is 2. The molecular formula is C28H26N2O4. The summed E-state index contributed by atoms with van der Waals surface area (Å²) >= 11 is 0. The summed E-state index contributed by atoms with van der Waals surface area (Å²) in [5.74, 6) is 0.124. The summed E-state index contributed by atoms with van der Waals surface area (Å²) in [7, 11) is 0. The van der Waals surface area contributed by atoms with Crippen LogP contribution in [0.5, 0.6) is 5.75 Å². The second-order valence-corrected chi connectivity index (χ2v) is 8.65. The molecule has 3 aromatic carbocycles. The van der Waals surface area contributed by atoms with Gasteiger partial charge in [-0.2, -0.15) is 0 Å². The standard InChI is InChI=1S/C28H26N2O4/c31-26(20-9-3-1-4-10-20)21-13-15-22(16-14-21)27(32)30-19-25(28(33)29-17-7-2-8-18-29)34-24-12-6-5-11-23(24)30/h1,3-6,9-16,25H,2,7-8,17-19H2. The molecule has 6 nitrogen and oxygen atoms in total. The van der Waals surface area contributed by atoms with E-state index in [0.717, 1.165) is 32.4 Å². The van der Waals surface area contributed by atoms with Crippen LogP contribution in [0.15, 0.2) is 78.9 Å². The Hall–Kier alpha value is -3.93. The van der Waals surface area contributed by atoms with E-state index in [2.05, 4.69) is 0 Å². The monoisotopic (exact) mass is 454 g/mol. The van der Waals surface area contributed by atoms with Crippen LogP contribution in [0.1, 0.15) is 45.5 Å². The first-order valence-electron chi connectivity index (χ1n) is 11.7. The highest BCUT2D eigenvalue weighted by Gasteiger charge is 2.36. The molecule has 0 N–H and O–H groups in total. The fraction of sp³-hybridized carbons (Fsp3) is 0.250. The van der Waals surface area contributed by atoms with E-state index >= 15 is 0 Å². The Morgan fingerprint density at radius 1 is 0.706 bits per heavy atom. The summed E-state index contributed by atoms with van der Waals surface area (Å²) in [6, 6.07) is 23.0. The third-order valence-corrected chi connectivity index (χ3v) is 6.39. The maximum Gasteiger partial charge on any atom is 0.265 e. The molecule has 0 aliphatic carbocycles. The maximum absolute atomic E-state index is 13.5. The maximum atomic E-state index is 13.5. The third-order valence-electron chi connectivity index (χ3n) is 6.39. The molecule has 6 heteroatoms. The van der Waals surface area contributed by atoms with Gasteiger partial charge in [-0.25, -0.2) is 0 Å². The summed E-state index contributed by atoms with van der Waals surface area (Å²) in [6.45, 7) is 1.60. The zero-order valence-electron chi connectivity index (χ0n) is 18.9. The van der Waals surface area contributed by atoms with Crippen LogP contribution in [0.2, 0.25) is 0 Å². The van der Waals surface area contributed by atoms with E-state index in [-0.39, 0.29) is 24.1 Å². The number of carbonyl (C=O) groups is 3. The Balaban J connectivity index is 1.38. The van der Waals surface area contributed by atoms with Crippen LogP contribution in [-0.4, -0.2) is 48.2 Å². The number of benzene rings is 3. The summed E-state index contributed by atoms with van der Waals surface area (Å²) in [4.78, 5) is 42.8. The molecule has 172 valence electrons. The quantitative estimate of drug-likeness (QED) is 0.550. The van der Waals surface area contributed by atoms with Crippen LogP contribution in [0.4, 0.5) is 5.69 Å². The van der Waals surface area contributed by atoms with Crippen molar-refractivity contribution in [2.45, 2.75) is 25.4 Å². The molecule has 2 aliphatic heterocycles. The lowest BCUT2D eigenvalue weighted by molar-refractivity contribution is -0.139. The van der Waals surface area contributed by atoms with Gasteiger partial charge in [-0.3, -0.25) is 14.4 Å². The Morgan fingerprint density at radius 2 is 1.32 bits per heavy atom. The van der Waals surface area contributed by atoms with Crippen molar-refractivity contribution >= 4 is 23.3 Å². The van der Waals surface area contributed by atoms with Crippen molar-refractivity contribution in [1.82, 2.24) is 4.90 Å². The van der Waals surface area contributed by atoms with E-state index in [1.165, 1.54) is 0 Å². The fourth-order valence-electron chi connectivity index (χ4n) is 4.55. The van der Waals surface area contributed by atoms with E-state index in [1.54, 1.807) is 47.4 Å². The van der Waals surface area contributed by atoms with E-state index in [1.807, 2.05) is 41.3 Å². The Labute approximate surface area is 198 Å². The van der Waals surface area contributed by atoms with Crippen molar-refractivity contribution in [2.24, 2.45) is 0 Å². The third kappa shape index (κ3) is 4.31. The summed E-state index contributed by atoms with van der Waals surface area (Å²) in [5.41, 5.74) is 2.20. The average molecular weight is 455 g/mol. The molecule has 2 heterocycles. The molecule has 1 saturated heterocycles. The number of hydrogen-bond acceptors (Lipinski definition) is 4. The van der Waals surface area contributed by atoms with Gasteiger partial charge >= 0.3 is 0 Å². The summed E-state index contributed by atoms with van der Waals surface area (Å²) < 4.78 is 6.03. The van der Waals surface area contributed by atoms with Crippen LogP contribution in [0, 0.1) is 0 Å². The van der Waals surface area contributed by atoms with Gasteiger partial charge in [-0.15, -0.1) is 0 Å². The first-order valence-corrected chi connectivity index (χ1v) is 11.7. The second-order valence-electron chi connectivity index (χ2n) is 8.65. The topological polar surface area (TPSA) is 66.9 Å². The lowest BCUT2D eigenvalue weighted by Crippen LogP contribution is -2.52. The van der Waals surface area contributed by atoms with Gasteiger partial charge in [-0.1, -0.05) is 54.6 Å². The predicted molar refractivity (Wildman–Crippen MR) is 129 cm³/mol. The molecule has 0 bridgehead atoms. The van der Waals surface area contributed by atoms with Crippen LogP contribution < -0.4 is 9.64 Å². The molecule has 2 amide bonds. The zero-order valence-corrected chi connectivity index (χ0v) is 18.9. The van der Waals surface area contributed by atoms with Gasteiger partial charge in [0, 0.05) is 29.8 Å². The number of likely N-dealkylation sites (tertiary alicyclic amines) is 1. The van der Waals surface area contributed by atoms with E-state index in [4.69, 9.17) is 4.74 Å². The first kappa shape index (κ1) is 21.9. The molecule has 0 saturated carbocycles. The summed E-state index contributed by atoms with van der Waals surface area (Å²) in [6.07, 6.45) is 2.37. The smallest absolute Gasteiger partial charge is 0.265 e. The van der Waals surface area contributed by atoms with E-state index in [9.17, 15) is 14.4 Å². The number of anilines is 1. The van der Waals surface area contributed by atoms with Crippen molar-refractivity contribution in [3.05, 3.63) is 95.6 Å². The van der Waals surface area contributed by atoms with Gasteiger partial charge < -0.3 is 14.5 Å². The lowest BCUT2D eigenvalue weighted by atomic mass is 10.0. The molecule has 1 fully saturated rings. The fourth-order valence-corrected chi connectivity index (χ4v) is 4.55. The normalized spacial score (nSPS) is 17.5. The number of carbonyl (C=O) groups excluding carboxylic acids is 3. The van der Waals surface area contributed by atoms with E-state index < -0.39 is 6.10 Å². The van der Waals surface area contributed by atoms with Gasteiger partial charge in [0.15, 0.2) is 11.9 Å². The molecule has 1 unspecified atom stereocenters. The SMILES string of the molecule is O=C(c1ccccc1)c1ccc(C(=O)N2CC(C(=O)N3CCCCC3)Oc3ccccc32)cc1. The molecule has 3 aromatic rings. The first-order chi connectivity index (χ1) is 16.6. The van der Waals surface area contributed by atoms with Crippen molar-refractivity contribution in [2.75, 3.05) is 24.5 Å². The minimum absolute atomic E-state index is 0.0733. The number of rotatable bonds is 4. The van der Waals surface area contributed by atoms with Crippen molar-refractivity contribution in [3.63, 3.8) is 0 Å².